The number of aromatic nitrogens is 3. The number of halogens is 2. The SMILES string of the molecule is Nc1cn(Cc2ccc(Cl)c(F)c2)nn1. The van der Waals surface area contributed by atoms with Gasteiger partial charge in [0.05, 0.1) is 17.8 Å². The smallest absolute Gasteiger partial charge is 0.165 e. The first-order valence-corrected chi connectivity index (χ1v) is 4.62. The zero-order valence-corrected chi connectivity index (χ0v) is 8.45. The molecule has 0 saturated heterocycles. The third-order valence-corrected chi connectivity index (χ3v) is 2.19. The monoisotopic (exact) mass is 226 g/mol. The average Bonchev–Trinajstić information content (AvgIpc) is 2.58. The first-order valence-electron chi connectivity index (χ1n) is 4.24. The van der Waals surface area contributed by atoms with E-state index in [4.69, 9.17) is 17.3 Å². The number of nitrogens with two attached hydrogens (primary N) is 1. The largest absolute Gasteiger partial charge is 0.381 e. The second kappa shape index (κ2) is 3.86. The van der Waals surface area contributed by atoms with Crippen LogP contribution in [0.4, 0.5) is 10.2 Å². The molecule has 0 saturated carbocycles. The predicted molar refractivity (Wildman–Crippen MR) is 54.9 cm³/mol. The number of nitrogens with zero attached hydrogens (tertiary/aromatic N) is 3. The lowest BCUT2D eigenvalue weighted by molar-refractivity contribution is 0.614. The van der Waals surface area contributed by atoms with Crippen molar-refractivity contribution in [2.45, 2.75) is 6.54 Å². The molecule has 15 heavy (non-hydrogen) atoms. The van der Waals surface area contributed by atoms with Crippen LogP contribution in [0.1, 0.15) is 5.56 Å². The molecule has 0 fully saturated rings. The molecule has 0 spiro atoms. The third kappa shape index (κ3) is 2.24. The van der Waals surface area contributed by atoms with Crippen LogP contribution in [0.15, 0.2) is 24.4 Å². The molecular weight excluding hydrogens is 219 g/mol. The molecule has 0 unspecified atom stereocenters. The average molecular weight is 227 g/mol. The molecule has 1 aromatic heterocycles. The second-order valence-electron chi connectivity index (χ2n) is 3.09. The van der Waals surface area contributed by atoms with Gasteiger partial charge in [0, 0.05) is 0 Å². The van der Waals surface area contributed by atoms with Crippen LogP contribution in [-0.4, -0.2) is 15.0 Å². The highest BCUT2D eigenvalue weighted by Gasteiger charge is 2.02. The van der Waals surface area contributed by atoms with Crippen LogP contribution in [0.2, 0.25) is 5.02 Å². The van der Waals surface area contributed by atoms with Crippen molar-refractivity contribution in [1.29, 1.82) is 0 Å². The van der Waals surface area contributed by atoms with E-state index in [1.807, 2.05) is 0 Å². The lowest BCUT2D eigenvalue weighted by Gasteiger charge is -2.01. The molecule has 6 heteroatoms. The van der Waals surface area contributed by atoms with Crippen molar-refractivity contribution in [2.24, 2.45) is 0 Å². The van der Waals surface area contributed by atoms with Gasteiger partial charge in [0.1, 0.15) is 5.82 Å². The number of hydrogen-bond donors (Lipinski definition) is 1. The molecule has 78 valence electrons. The quantitative estimate of drug-likeness (QED) is 0.848. The molecule has 2 rings (SSSR count). The van der Waals surface area contributed by atoms with Gasteiger partial charge >= 0.3 is 0 Å². The van der Waals surface area contributed by atoms with Crippen molar-refractivity contribution in [2.75, 3.05) is 5.73 Å². The Morgan fingerprint density at radius 2 is 2.27 bits per heavy atom. The van der Waals surface area contributed by atoms with Gasteiger partial charge in [-0.2, -0.15) is 0 Å². The maximum atomic E-state index is 13.1. The van der Waals surface area contributed by atoms with Gasteiger partial charge in [-0.15, -0.1) is 5.10 Å². The van der Waals surface area contributed by atoms with Gasteiger partial charge in [0.2, 0.25) is 0 Å². The summed E-state index contributed by atoms with van der Waals surface area (Å²) in [6.07, 6.45) is 1.58. The zero-order chi connectivity index (χ0) is 10.8. The van der Waals surface area contributed by atoms with Crippen LogP contribution < -0.4 is 5.73 Å². The highest BCUT2D eigenvalue weighted by atomic mass is 35.5. The van der Waals surface area contributed by atoms with E-state index in [-0.39, 0.29) is 5.02 Å². The highest BCUT2D eigenvalue weighted by Crippen LogP contribution is 2.16. The number of nitrogen functional groups attached to an aromatic ring is 1. The Morgan fingerprint density at radius 1 is 1.47 bits per heavy atom. The van der Waals surface area contributed by atoms with Gasteiger partial charge in [0.15, 0.2) is 5.82 Å². The van der Waals surface area contributed by atoms with Gasteiger partial charge < -0.3 is 5.73 Å². The summed E-state index contributed by atoms with van der Waals surface area (Å²) < 4.78 is 14.6. The minimum Gasteiger partial charge on any atom is -0.381 e. The number of hydrogen-bond acceptors (Lipinski definition) is 3. The van der Waals surface area contributed by atoms with E-state index in [0.717, 1.165) is 5.56 Å². The number of anilines is 1. The Hall–Kier alpha value is -1.62. The normalized spacial score (nSPS) is 10.5. The first-order chi connectivity index (χ1) is 7.15. The summed E-state index contributed by atoms with van der Waals surface area (Å²) in [6.45, 7) is 0.415. The molecule has 1 aromatic carbocycles. The Bertz CT molecular complexity index is 483. The van der Waals surface area contributed by atoms with Gasteiger partial charge in [0.25, 0.3) is 0 Å². The van der Waals surface area contributed by atoms with Crippen molar-refractivity contribution in [3.05, 3.63) is 40.8 Å². The Morgan fingerprint density at radius 3 is 2.87 bits per heavy atom. The molecule has 1 heterocycles. The van der Waals surface area contributed by atoms with E-state index in [9.17, 15) is 4.39 Å². The maximum Gasteiger partial charge on any atom is 0.165 e. The predicted octanol–water partition coefficient (Wildman–Crippen LogP) is 1.70. The van der Waals surface area contributed by atoms with E-state index in [0.29, 0.717) is 12.4 Å². The standard InChI is InChI=1S/C9H8ClFN4/c10-7-2-1-6(3-8(7)11)4-15-5-9(12)13-14-15/h1-3,5H,4,12H2. The van der Waals surface area contributed by atoms with Crippen molar-refractivity contribution < 1.29 is 4.39 Å². The summed E-state index contributed by atoms with van der Waals surface area (Å²) in [5.41, 5.74) is 6.15. The van der Waals surface area contributed by atoms with Gasteiger partial charge in [-0.05, 0) is 17.7 Å². The van der Waals surface area contributed by atoms with Crippen molar-refractivity contribution in [3.8, 4) is 0 Å². The topological polar surface area (TPSA) is 56.7 Å². The maximum absolute atomic E-state index is 13.1. The van der Waals surface area contributed by atoms with E-state index >= 15 is 0 Å². The van der Waals surface area contributed by atoms with E-state index in [1.54, 1.807) is 12.3 Å². The zero-order valence-electron chi connectivity index (χ0n) is 7.69. The van der Waals surface area contributed by atoms with Crippen molar-refractivity contribution >= 4 is 17.4 Å². The summed E-state index contributed by atoms with van der Waals surface area (Å²) in [5.74, 6) is -0.105. The fourth-order valence-electron chi connectivity index (χ4n) is 1.22. The molecule has 4 nitrogen and oxygen atoms in total. The second-order valence-corrected chi connectivity index (χ2v) is 3.50. The summed E-state index contributed by atoms with van der Waals surface area (Å²) >= 11 is 5.56. The van der Waals surface area contributed by atoms with Gasteiger partial charge in [-0.1, -0.05) is 22.9 Å². The molecule has 2 aromatic rings. The van der Waals surface area contributed by atoms with Gasteiger partial charge in [-0.25, -0.2) is 9.07 Å². The third-order valence-electron chi connectivity index (χ3n) is 1.88. The van der Waals surface area contributed by atoms with Gasteiger partial charge in [-0.3, -0.25) is 0 Å². The first kappa shape index (κ1) is 9.92. The molecule has 0 radical (unpaired) electrons. The van der Waals surface area contributed by atoms with Crippen LogP contribution in [0, 0.1) is 5.82 Å². The lowest BCUT2D eigenvalue weighted by Crippen LogP contribution is -2.00. The number of rotatable bonds is 2. The van der Waals surface area contributed by atoms with Crippen LogP contribution >= 0.6 is 11.6 Å². The van der Waals surface area contributed by atoms with Crippen molar-refractivity contribution in [1.82, 2.24) is 15.0 Å². The molecule has 0 amide bonds. The van der Waals surface area contributed by atoms with E-state index in [2.05, 4.69) is 10.3 Å². The van der Waals surface area contributed by atoms with E-state index in [1.165, 1.54) is 16.8 Å². The molecule has 0 bridgehead atoms. The number of benzene rings is 1. The highest BCUT2D eigenvalue weighted by molar-refractivity contribution is 6.30. The summed E-state index contributed by atoms with van der Waals surface area (Å²) in [5, 5.41) is 7.48. The summed E-state index contributed by atoms with van der Waals surface area (Å²) in [6, 6.07) is 4.59. The van der Waals surface area contributed by atoms with Crippen LogP contribution in [0.25, 0.3) is 0 Å². The molecule has 2 N–H and O–H groups in total. The molecule has 0 aliphatic carbocycles. The minimum atomic E-state index is -0.442. The molecule has 0 aliphatic heterocycles. The fourth-order valence-corrected chi connectivity index (χ4v) is 1.33. The summed E-state index contributed by atoms with van der Waals surface area (Å²) in [4.78, 5) is 0. The Balaban J connectivity index is 2.21. The van der Waals surface area contributed by atoms with Crippen LogP contribution in [0.5, 0.6) is 0 Å². The van der Waals surface area contributed by atoms with Crippen LogP contribution in [-0.2, 0) is 6.54 Å². The fraction of sp³-hybridized carbons (Fsp3) is 0.111. The lowest BCUT2D eigenvalue weighted by atomic mass is 10.2. The van der Waals surface area contributed by atoms with Crippen molar-refractivity contribution in [3.63, 3.8) is 0 Å². The van der Waals surface area contributed by atoms with E-state index < -0.39 is 5.82 Å². The van der Waals surface area contributed by atoms with Crippen LogP contribution in [0.3, 0.4) is 0 Å². The summed E-state index contributed by atoms with van der Waals surface area (Å²) in [7, 11) is 0. The Kier molecular flexibility index (Phi) is 2.55. The Labute approximate surface area is 90.5 Å². The molecular formula is C9H8ClFN4. The molecule has 0 atom stereocenters. The molecule has 0 aliphatic rings. The minimum absolute atomic E-state index is 0.108.